The van der Waals surface area contributed by atoms with Crippen molar-refractivity contribution in [1.82, 2.24) is 40.7 Å². The number of hydrogen-bond acceptors (Lipinski definition) is 10. The van der Waals surface area contributed by atoms with E-state index in [0.29, 0.717) is 39.5 Å². The van der Waals surface area contributed by atoms with Gasteiger partial charge in [0, 0.05) is 34.4 Å². The monoisotopic (exact) mass is 644 g/mol. The van der Waals surface area contributed by atoms with E-state index in [2.05, 4.69) is 44.9 Å². The molecule has 3 aromatic heterocycles. The lowest BCUT2D eigenvalue weighted by atomic mass is 10.0. The fourth-order valence-electron chi connectivity index (χ4n) is 4.50. The number of H-pyrrole nitrogens is 1. The molecule has 2 aromatic carbocycles. The van der Waals surface area contributed by atoms with Gasteiger partial charge in [-0.25, -0.2) is 10.1 Å². The van der Waals surface area contributed by atoms with Crippen LogP contribution in [0.25, 0.3) is 22.9 Å². The number of hydrogen-bond donors (Lipinski definition) is 2. The largest absolute Gasteiger partial charge is 0.469 e. The molecule has 0 fully saturated rings. The Hall–Kier alpha value is -5.01. The molecule has 2 N–H and O–H groups in total. The molecule has 3 heterocycles. The summed E-state index contributed by atoms with van der Waals surface area (Å²) >= 11 is 7.78. The molecule has 14 heteroatoms. The number of thiazole rings is 1. The third-order valence-electron chi connectivity index (χ3n) is 6.81. The van der Waals surface area contributed by atoms with Crippen molar-refractivity contribution in [3.05, 3.63) is 109 Å². The molecule has 1 atom stereocenters. The van der Waals surface area contributed by atoms with E-state index in [1.807, 2.05) is 5.38 Å². The molecular formula is C31H29ClN8O4S. The highest BCUT2D eigenvalue weighted by Gasteiger charge is 2.20. The number of ether oxygens (including phenoxy) is 1. The van der Waals surface area contributed by atoms with Gasteiger partial charge < -0.3 is 10.1 Å². The van der Waals surface area contributed by atoms with Crippen molar-refractivity contribution in [3.63, 3.8) is 0 Å². The molecule has 45 heavy (non-hydrogen) atoms. The normalized spacial score (nSPS) is 12.0. The van der Waals surface area contributed by atoms with Crippen LogP contribution in [-0.4, -0.2) is 54.4 Å². The SMILES string of the molecule is COC(=O)Cc1ccc(-c2cc(C(Cc3csc(C(C)C)n3)NC(=O)/C=C/c3cc(Cl)ccc3-n3cnnn3)n[nH]c2=O)cc1. The third-order valence-corrected chi connectivity index (χ3v) is 8.24. The van der Waals surface area contributed by atoms with E-state index in [1.54, 1.807) is 65.9 Å². The summed E-state index contributed by atoms with van der Waals surface area (Å²) in [5.74, 6) is -0.500. The van der Waals surface area contributed by atoms with E-state index < -0.39 is 17.5 Å². The average molecular weight is 645 g/mol. The molecule has 230 valence electrons. The van der Waals surface area contributed by atoms with Crippen LogP contribution in [0.2, 0.25) is 5.02 Å². The molecule has 5 rings (SSSR count). The highest BCUT2D eigenvalue weighted by Crippen LogP contribution is 2.25. The van der Waals surface area contributed by atoms with E-state index in [0.717, 1.165) is 16.3 Å². The number of aromatic amines is 1. The van der Waals surface area contributed by atoms with Crippen LogP contribution in [0.15, 0.2) is 71.1 Å². The summed E-state index contributed by atoms with van der Waals surface area (Å²) in [6.45, 7) is 4.14. The van der Waals surface area contributed by atoms with Crippen LogP contribution in [-0.2, 0) is 27.2 Å². The second-order valence-electron chi connectivity index (χ2n) is 10.4. The first-order chi connectivity index (χ1) is 21.7. The van der Waals surface area contributed by atoms with Gasteiger partial charge in [-0.15, -0.1) is 16.4 Å². The van der Waals surface area contributed by atoms with E-state index in [1.165, 1.54) is 24.2 Å². The Labute approximate surface area is 267 Å². The first-order valence-electron chi connectivity index (χ1n) is 13.9. The topological polar surface area (TPSA) is 158 Å². The molecule has 0 aliphatic rings. The van der Waals surface area contributed by atoms with Crippen LogP contribution in [0, 0.1) is 0 Å². The van der Waals surface area contributed by atoms with Crippen LogP contribution in [0.4, 0.5) is 0 Å². The zero-order chi connectivity index (χ0) is 31.9. The number of rotatable bonds is 11. The minimum atomic E-state index is -0.628. The number of halogens is 1. The van der Waals surface area contributed by atoms with Gasteiger partial charge in [0.15, 0.2) is 0 Å². The maximum atomic E-state index is 13.3. The smallest absolute Gasteiger partial charge is 0.309 e. The highest BCUT2D eigenvalue weighted by molar-refractivity contribution is 7.09. The fraction of sp³-hybridized carbons (Fsp3) is 0.226. The lowest BCUT2D eigenvalue weighted by molar-refractivity contribution is -0.139. The standard InChI is InChI=1S/C31H29ClN8O4S/c1-18(2)31-34-23(16-45-31)14-25(35-28(41)11-8-21-13-22(32)9-10-27(21)40-17-33-38-39-40)26-15-24(30(43)37-36-26)20-6-4-19(5-7-20)12-29(42)44-3/h4-11,13,15-18,25H,12,14H2,1-3H3,(H,35,41)(H,37,43)/b11-8+. The molecule has 1 unspecified atom stereocenters. The van der Waals surface area contributed by atoms with Crippen LogP contribution >= 0.6 is 22.9 Å². The van der Waals surface area contributed by atoms with Crippen LogP contribution in [0.1, 0.15) is 53.3 Å². The van der Waals surface area contributed by atoms with Gasteiger partial charge in [0.1, 0.15) is 6.33 Å². The molecule has 0 radical (unpaired) electrons. The van der Waals surface area contributed by atoms with Gasteiger partial charge in [0.2, 0.25) is 5.91 Å². The number of esters is 1. The van der Waals surface area contributed by atoms with Crippen LogP contribution in [0.3, 0.4) is 0 Å². The molecule has 0 spiro atoms. The Kier molecular flexibility index (Phi) is 9.90. The minimum absolute atomic E-state index is 0.120. The molecule has 12 nitrogen and oxygen atoms in total. The van der Waals surface area contributed by atoms with Gasteiger partial charge in [0.05, 0.1) is 47.2 Å². The Bertz CT molecular complexity index is 1880. The molecule has 0 saturated carbocycles. The Morgan fingerprint density at radius 2 is 1.96 bits per heavy atom. The number of carbonyl (C=O) groups excluding carboxylic acids is 2. The van der Waals surface area contributed by atoms with Crippen molar-refractivity contribution in [1.29, 1.82) is 0 Å². The van der Waals surface area contributed by atoms with E-state index in [9.17, 15) is 14.4 Å². The minimum Gasteiger partial charge on any atom is -0.469 e. The molecule has 0 aliphatic carbocycles. The summed E-state index contributed by atoms with van der Waals surface area (Å²) in [4.78, 5) is 42.6. The summed E-state index contributed by atoms with van der Waals surface area (Å²) in [5, 5.41) is 24.6. The summed E-state index contributed by atoms with van der Waals surface area (Å²) in [7, 11) is 1.33. The number of carbonyl (C=O) groups is 2. The fourth-order valence-corrected chi connectivity index (χ4v) is 5.53. The summed E-state index contributed by atoms with van der Waals surface area (Å²) in [6.07, 6.45) is 4.92. The maximum Gasteiger partial charge on any atom is 0.309 e. The Morgan fingerprint density at radius 1 is 1.16 bits per heavy atom. The quantitative estimate of drug-likeness (QED) is 0.156. The van der Waals surface area contributed by atoms with Crippen molar-refractivity contribution < 1.29 is 14.3 Å². The third kappa shape index (κ3) is 7.94. The average Bonchev–Trinajstić information content (AvgIpc) is 3.74. The predicted molar refractivity (Wildman–Crippen MR) is 170 cm³/mol. The maximum absolute atomic E-state index is 13.3. The van der Waals surface area contributed by atoms with Crippen LogP contribution in [0.5, 0.6) is 0 Å². The zero-order valence-electron chi connectivity index (χ0n) is 24.6. The van der Waals surface area contributed by atoms with Gasteiger partial charge in [0.25, 0.3) is 5.56 Å². The van der Waals surface area contributed by atoms with Crippen molar-refractivity contribution >= 4 is 40.9 Å². The van der Waals surface area contributed by atoms with Crippen LogP contribution < -0.4 is 10.9 Å². The summed E-state index contributed by atoms with van der Waals surface area (Å²) < 4.78 is 6.21. The van der Waals surface area contributed by atoms with Crippen molar-refractivity contribution in [2.45, 2.75) is 38.6 Å². The first-order valence-corrected chi connectivity index (χ1v) is 15.2. The van der Waals surface area contributed by atoms with Gasteiger partial charge in [-0.1, -0.05) is 49.7 Å². The van der Waals surface area contributed by atoms with Crippen molar-refractivity contribution in [3.8, 4) is 16.8 Å². The van der Waals surface area contributed by atoms with Gasteiger partial charge in [-0.3, -0.25) is 14.4 Å². The van der Waals surface area contributed by atoms with Crippen molar-refractivity contribution in [2.75, 3.05) is 7.11 Å². The van der Waals surface area contributed by atoms with E-state index in [-0.39, 0.29) is 18.3 Å². The Balaban J connectivity index is 1.44. The number of benzene rings is 2. The molecule has 1 amide bonds. The molecule has 0 aliphatic heterocycles. The molecule has 0 saturated heterocycles. The summed E-state index contributed by atoms with van der Waals surface area (Å²) in [5.41, 5.74) is 3.85. The van der Waals surface area contributed by atoms with Gasteiger partial charge in [-0.05, 0) is 51.9 Å². The number of nitrogens with zero attached hydrogens (tertiary/aromatic N) is 6. The number of nitrogens with one attached hydrogen (secondary N) is 2. The number of methoxy groups -OCH3 is 1. The summed E-state index contributed by atoms with van der Waals surface area (Å²) in [6, 6.07) is 13.2. The van der Waals surface area contributed by atoms with E-state index in [4.69, 9.17) is 21.3 Å². The second-order valence-corrected chi connectivity index (χ2v) is 11.7. The van der Waals surface area contributed by atoms with Gasteiger partial charge >= 0.3 is 5.97 Å². The van der Waals surface area contributed by atoms with Crippen molar-refractivity contribution in [2.24, 2.45) is 0 Å². The second kappa shape index (κ2) is 14.2. The van der Waals surface area contributed by atoms with E-state index >= 15 is 0 Å². The van der Waals surface area contributed by atoms with Gasteiger partial charge in [-0.2, -0.15) is 9.78 Å². The zero-order valence-corrected chi connectivity index (χ0v) is 26.2. The highest BCUT2D eigenvalue weighted by atomic mass is 35.5. The lowest BCUT2D eigenvalue weighted by Gasteiger charge is -2.17. The molecular weight excluding hydrogens is 616 g/mol. The number of amides is 1. The first kappa shape index (κ1) is 31.4. The predicted octanol–water partition coefficient (Wildman–Crippen LogP) is 4.47. The number of tetrazole rings is 1. The number of aromatic nitrogens is 7. The lowest BCUT2D eigenvalue weighted by Crippen LogP contribution is -2.30. The Morgan fingerprint density at radius 3 is 2.64 bits per heavy atom. The molecule has 5 aromatic rings. The molecule has 0 bridgehead atoms.